The van der Waals surface area contributed by atoms with Crippen LogP contribution in [0.1, 0.15) is 12.2 Å². The fourth-order valence-electron chi connectivity index (χ4n) is 3.33. The maximum atomic E-state index is 13.1. The summed E-state index contributed by atoms with van der Waals surface area (Å²) in [6, 6.07) is 10.9. The number of aliphatic hydroxyl groups is 1. The normalized spacial score (nSPS) is 15.1. The number of benzene rings is 1. The molecule has 8 nitrogen and oxygen atoms in total. The van der Waals surface area contributed by atoms with Gasteiger partial charge in [-0.2, -0.15) is 17.7 Å². The lowest BCUT2D eigenvalue weighted by Crippen LogP contribution is -2.47. The van der Waals surface area contributed by atoms with Gasteiger partial charge in [0.15, 0.2) is 5.65 Å². The van der Waals surface area contributed by atoms with Crippen molar-refractivity contribution >= 4 is 17.2 Å². The highest BCUT2D eigenvalue weighted by molar-refractivity contribution is 5.52. The number of halogens is 3. The van der Waals surface area contributed by atoms with Gasteiger partial charge in [-0.1, -0.05) is 0 Å². The molecule has 1 saturated heterocycles. The van der Waals surface area contributed by atoms with Crippen LogP contribution in [0.5, 0.6) is 5.75 Å². The monoisotopic (exact) mass is 422 g/mol. The first-order chi connectivity index (χ1) is 14.5. The molecule has 0 bridgehead atoms. The summed E-state index contributed by atoms with van der Waals surface area (Å²) in [5.41, 5.74) is 1.11. The molecule has 0 saturated carbocycles. The Kier molecular flexibility index (Phi) is 5.62. The van der Waals surface area contributed by atoms with Crippen molar-refractivity contribution in [3.63, 3.8) is 0 Å². The van der Waals surface area contributed by atoms with Crippen molar-refractivity contribution in [2.45, 2.75) is 12.6 Å². The number of nitrogens with zero attached hydrogens (tertiary/aromatic N) is 6. The fraction of sp³-hybridized carbons (Fsp3) is 0.421. The van der Waals surface area contributed by atoms with E-state index in [2.05, 4.69) is 20.2 Å². The van der Waals surface area contributed by atoms with Crippen LogP contribution in [0.15, 0.2) is 36.4 Å². The highest BCUT2D eigenvalue weighted by atomic mass is 19.4. The molecule has 0 unspecified atom stereocenters. The van der Waals surface area contributed by atoms with Crippen molar-refractivity contribution in [1.29, 1.82) is 0 Å². The highest BCUT2D eigenvalue weighted by Crippen LogP contribution is 2.28. The fourth-order valence-corrected chi connectivity index (χ4v) is 3.33. The van der Waals surface area contributed by atoms with E-state index < -0.39 is 12.0 Å². The second-order valence-electron chi connectivity index (χ2n) is 6.88. The van der Waals surface area contributed by atoms with Crippen LogP contribution in [0.25, 0.3) is 5.65 Å². The van der Waals surface area contributed by atoms with Crippen LogP contribution in [0.3, 0.4) is 0 Å². The second kappa shape index (κ2) is 8.34. The molecule has 30 heavy (non-hydrogen) atoms. The van der Waals surface area contributed by atoms with Crippen molar-refractivity contribution in [3.8, 4) is 5.75 Å². The predicted octanol–water partition coefficient (Wildman–Crippen LogP) is 2.23. The van der Waals surface area contributed by atoms with Crippen LogP contribution < -0.4 is 14.5 Å². The third kappa shape index (κ3) is 4.25. The van der Waals surface area contributed by atoms with Gasteiger partial charge in [-0.25, -0.2) is 0 Å². The molecule has 1 fully saturated rings. The zero-order valence-corrected chi connectivity index (χ0v) is 16.1. The molecule has 0 amide bonds. The second-order valence-corrected chi connectivity index (χ2v) is 6.88. The molecule has 1 aliphatic heterocycles. The average molecular weight is 422 g/mol. The molecule has 160 valence electrons. The number of aromatic nitrogens is 4. The highest BCUT2D eigenvalue weighted by Gasteiger charge is 2.37. The molecule has 1 N–H and O–H groups in total. The Morgan fingerprint density at radius 1 is 0.933 bits per heavy atom. The lowest BCUT2D eigenvalue weighted by molar-refractivity contribution is -0.146. The van der Waals surface area contributed by atoms with Crippen LogP contribution in [-0.4, -0.2) is 64.3 Å². The first-order valence-corrected chi connectivity index (χ1v) is 9.59. The van der Waals surface area contributed by atoms with Crippen LogP contribution in [-0.2, 0) is 6.18 Å². The van der Waals surface area contributed by atoms with Gasteiger partial charge in [0.05, 0.1) is 6.61 Å². The van der Waals surface area contributed by atoms with Gasteiger partial charge in [-0.05, 0) is 36.4 Å². The molecular formula is C19H21F3N6O2. The maximum absolute atomic E-state index is 13.1. The summed E-state index contributed by atoms with van der Waals surface area (Å²) >= 11 is 0. The van der Waals surface area contributed by atoms with E-state index in [1.54, 1.807) is 6.07 Å². The molecular weight excluding hydrogens is 401 g/mol. The van der Waals surface area contributed by atoms with E-state index in [4.69, 9.17) is 9.84 Å². The van der Waals surface area contributed by atoms with E-state index in [1.807, 2.05) is 29.2 Å². The van der Waals surface area contributed by atoms with E-state index >= 15 is 0 Å². The third-order valence-corrected chi connectivity index (χ3v) is 4.88. The molecule has 3 aromatic rings. The third-order valence-electron chi connectivity index (χ3n) is 4.88. The van der Waals surface area contributed by atoms with Gasteiger partial charge in [0.1, 0.15) is 11.6 Å². The maximum Gasteiger partial charge on any atom is 0.453 e. The summed E-state index contributed by atoms with van der Waals surface area (Å²) in [6.07, 6.45) is -4.03. The summed E-state index contributed by atoms with van der Waals surface area (Å²) in [4.78, 5) is 4.15. The minimum atomic E-state index is -4.61. The topological polar surface area (TPSA) is 79.0 Å². The minimum Gasteiger partial charge on any atom is -0.494 e. The molecule has 0 aliphatic carbocycles. The van der Waals surface area contributed by atoms with E-state index in [9.17, 15) is 13.2 Å². The number of fused-ring (bicyclic) bond motifs is 1. The Morgan fingerprint density at radius 2 is 1.63 bits per heavy atom. The number of hydrogen-bond donors (Lipinski definition) is 1. The summed E-state index contributed by atoms with van der Waals surface area (Å²) in [7, 11) is 0. The van der Waals surface area contributed by atoms with Crippen LogP contribution in [0.4, 0.5) is 24.7 Å². The molecule has 2 aromatic heterocycles. The Bertz CT molecular complexity index is 984. The standard InChI is InChI=1S/C19H21F3N6O2/c20-19(21,22)18-24-23-16-6-7-17(25-28(16)18)27-10-8-26(9-11-27)14-2-4-15(5-3-14)30-13-1-12-29/h2-7,29H,1,8-13H2. The Labute approximate surface area is 170 Å². The molecule has 4 rings (SSSR count). The summed E-state index contributed by atoms with van der Waals surface area (Å²) in [5.74, 6) is 0.0807. The zero-order chi connectivity index (χ0) is 21.1. The van der Waals surface area contributed by atoms with E-state index in [1.165, 1.54) is 6.07 Å². The largest absolute Gasteiger partial charge is 0.494 e. The van der Waals surface area contributed by atoms with Crippen molar-refractivity contribution in [1.82, 2.24) is 19.8 Å². The van der Waals surface area contributed by atoms with Crippen LogP contribution in [0, 0.1) is 0 Å². The number of alkyl halides is 3. The van der Waals surface area contributed by atoms with Crippen LogP contribution in [0.2, 0.25) is 0 Å². The number of hydrogen-bond acceptors (Lipinski definition) is 7. The van der Waals surface area contributed by atoms with Crippen molar-refractivity contribution < 1.29 is 23.0 Å². The van der Waals surface area contributed by atoms with E-state index in [-0.39, 0.29) is 12.3 Å². The smallest absolute Gasteiger partial charge is 0.453 e. The van der Waals surface area contributed by atoms with Gasteiger partial charge < -0.3 is 19.6 Å². The van der Waals surface area contributed by atoms with Crippen molar-refractivity contribution in [3.05, 3.63) is 42.2 Å². The number of piperazine rings is 1. The van der Waals surface area contributed by atoms with Gasteiger partial charge >= 0.3 is 6.18 Å². The number of ether oxygens (including phenoxy) is 1. The molecule has 1 aromatic carbocycles. The SMILES string of the molecule is OCCCOc1ccc(N2CCN(c3ccc4nnc(C(F)(F)F)n4n3)CC2)cc1. The van der Waals surface area contributed by atoms with Crippen molar-refractivity contribution in [2.75, 3.05) is 49.2 Å². The number of aliphatic hydroxyl groups excluding tert-OH is 1. The Balaban J connectivity index is 1.41. The van der Waals surface area contributed by atoms with Gasteiger partial charge in [0.25, 0.3) is 5.82 Å². The van der Waals surface area contributed by atoms with Gasteiger partial charge in [-0.3, -0.25) is 0 Å². The van der Waals surface area contributed by atoms with Crippen molar-refractivity contribution in [2.24, 2.45) is 0 Å². The summed E-state index contributed by atoms with van der Waals surface area (Å²) in [6.45, 7) is 3.22. The predicted molar refractivity (Wildman–Crippen MR) is 104 cm³/mol. The molecule has 0 atom stereocenters. The lowest BCUT2D eigenvalue weighted by atomic mass is 10.2. The first-order valence-electron chi connectivity index (χ1n) is 9.59. The molecule has 3 heterocycles. The minimum absolute atomic E-state index is 0.0611. The van der Waals surface area contributed by atoms with Gasteiger partial charge in [0.2, 0.25) is 0 Å². The van der Waals surface area contributed by atoms with Crippen LogP contribution >= 0.6 is 0 Å². The Hall–Kier alpha value is -3.08. The average Bonchev–Trinajstić information content (AvgIpc) is 3.18. The molecule has 11 heteroatoms. The summed E-state index contributed by atoms with van der Waals surface area (Å²) < 4.78 is 45.5. The molecule has 1 aliphatic rings. The Morgan fingerprint density at radius 3 is 2.30 bits per heavy atom. The lowest BCUT2D eigenvalue weighted by Gasteiger charge is -2.36. The quantitative estimate of drug-likeness (QED) is 0.611. The number of rotatable bonds is 6. The first kappa shape index (κ1) is 20.2. The van der Waals surface area contributed by atoms with Gasteiger partial charge in [0, 0.05) is 44.9 Å². The van der Waals surface area contributed by atoms with E-state index in [0.717, 1.165) is 16.0 Å². The molecule has 0 radical (unpaired) electrons. The summed E-state index contributed by atoms with van der Waals surface area (Å²) in [5, 5.41) is 19.7. The molecule has 0 spiro atoms. The number of anilines is 2. The van der Waals surface area contributed by atoms with Gasteiger partial charge in [-0.15, -0.1) is 15.3 Å². The zero-order valence-electron chi connectivity index (χ0n) is 16.1. The van der Waals surface area contributed by atoms with E-state index in [0.29, 0.717) is 45.0 Å².